The van der Waals surface area contributed by atoms with E-state index in [9.17, 15) is 9.59 Å². The van der Waals surface area contributed by atoms with E-state index in [4.69, 9.17) is 39.5 Å². The third-order valence-corrected chi connectivity index (χ3v) is 6.65. The number of likely N-dealkylation sites (N-methyl/N-ethyl adjacent to an activating group) is 1. The first-order chi connectivity index (χ1) is 17.3. The lowest BCUT2D eigenvalue weighted by molar-refractivity contribution is 0.0999. The summed E-state index contributed by atoms with van der Waals surface area (Å²) in [5, 5.41) is 2.96. The van der Waals surface area contributed by atoms with E-state index in [0.717, 1.165) is 17.0 Å². The van der Waals surface area contributed by atoms with Crippen LogP contribution in [0.3, 0.4) is 0 Å². The molecular weight excluding hydrogens is 543 g/mol. The van der Waals surface area contributed by atoms with Gasteiger partial charge in [0.1, 0.15) is 0 Å². The fourth-order valence-corrected chi connectivity index (χ4v) is 4.53. The van der Waals surface area contributed by atoms with Crippen LogP contribution in [0, 0.1) is 0 Å². The first-order valence-corrected chi connectivity index (χ1v) is 12.7. The molecule has 184 valence electrons. The standard InChI is InChI=1S/C25H19Cl3N4O3S/c1-31(13-11-18-4-2-3-12-29-18)25(34)35-22-15-36-24(30-22)32(19-8-5-16(26)6-9-19)23(33)20-10-7-17(27)14-21(20)28/h2-10,12,14-15H,11,13H2,1H3. The smallest absolute Gasteiger partial charge is 0.390 e. The van der Waals surface area contributed by atoms with E-state index in [1.807, 2.05) is 18.2 Å². The minimum atomic E-state index is -0.576. The number of hydrogen-bond acceptors (Lipinski definition) is 6. The van der Waals surface area contributed by atoms with Crippen LogP contribution in [0.5, 0.6) is 5.88 Å². The van der Waals surface area contributed by atoms with Crippen molar-refractivity contribution in [2.24, 2.45) is 0 Å². The van der Waals surface area contributed by atoms with Crippen LogP contribution in [-0.2, 0) is 6.42 Å². The largest absolute Gasteiger partial charge is 0.416 e. The van der Waals surface area contributed by atoms with Gasteiger partial charge in [0, 0.05) is 41.9 Å². The topological polar surface area (TPSA) is 75.6 Å². The number of halogens is 3. The number of hydrogen-bond donors (Lipinski definition) is 0. The van der Waals surface area contributed by atoms with Crippen LogP contribution in [0.15, 0.2) is 72.2 Å². The summed E-state index contributed by atoms with van der Waals surface area (Å²) in [6, 6.07) is 16.9. The number of carbonyl (C=O) groups is 2. The van der Waals surface area contributed by atoms with Crippen LogP contribution in [0.1, 0.15) is 16.1 Å². The second-order valence-corrected chi connectivity index (χ2v) is 9.69. The lowest BCUT2D eigenvalue weighted by Crippen LogP contribution is -2.31. The summed E-state index contributed by atoms with van der Waals surface area (Å²) in [7, 11) is 1.63. The average molecular weight is 562 g/mol. The molecule has 2 amide bonds. The van der Waals surface area contributed by atoms with Crippen LogP contribution in [0.4, 0.5) is 15.6 Å². The van der Waals surface area contributed by atoms with Crippen molar-refractivity contribution in [2.75, 3.05) is 18.5 Å². The molecule has 0 bridgehead atoms. The zero-order valence-electron chi connectivity index (χ0n) is 18.9. The number of ether oxygens (including phenoxy) is 1. The van der Waals surface area contributed by atoms with E-state index >= 15 is 0 Å². The van der Waals surface area contributed by atoms with E-state index in [1.54, 1.807) is 55.0 Å². The summed E-state index contributed by atoms with van der Waals surface area (Å²) in [6.07, 6.45) is 1.71. The second kappa shape index (κ2) is 11.7. The highest BCUT2D eigenvalue weighted by molar-refractivity contribution is 7.14. The van der Waals surface area contributed by atoms with E-state index < -0.39 is 12.0 Å². The van der Waals surface area contributed by atoms with E-state index in [0.29, 0.717) is 28.7 Å². The highest BCUT2D eigenvalue weighted by atomic mass is 35.5. The molecule has 2 aromatic carbocycles. The third kappa shape index (κ3) is 6.33. The van der Waals surface area contributed by atoms with Crippen molar-refractivity contribution >= 4 is 69.0 Å². The number of thiazole rings is 1. The number of aromatic nitrogens is 2. The van der Waals surface area contributed by atoms with E-state index in [1.165, 1.54) is 15.9 Å². The average Bonchev–Trinajstić information content (AvgIpc) is 3.32. The molecule has 0 unspecified atom stereocenters. The molecule has 0 saturated carbocycles. The van der Waals surface area contributed by atoms with Gasteiger partial charge in [-0.1, -0.05) is 40.9 Å². The van der Waals surface area contributed by atoms with Gasteiger partial charge in [-0.3, -0.25) is 14.7 Å². The molecule has 11 heteroatoms. The van der Waals surface area contributed by atoms with Crippen LogP contribution in [0.25, 0.3) is 0 Å². The van der Waals surface area contributed by atoms with Crippen molar-refractivity contribution in [3.05, 3.63) is 98.6 Å². The summed E-state index contributed by atoms with van der Waals surface area (Å²) in [4.78, 5) is 37.5. The summed E-state index contributed by atoms with van der Waals surface area (Å²) >= 11 is 19.5. The molecule has 0 spiro atoms. The number of pyridine rings is 1. The van der Waals surface area contributed by atoms with Crippen molar-refractivity contribution in [1.82, 2.24) is 14.9 Å². The molecule has 0 atom stereocenters. The Hall–Kier alpha value is -3.17. The Morgan fingerprint density at radius 1 is 1.00 bits per heavy atom. The monoisotopic (exact) mass is 560 g/mol. The maximum absolute atomic E-state index is 13.5. The third-order valence-electron chi connectivity index (χ3n) is 5.04. The maximum atomic E-state index is 13.5. The Kier molecular flexibility index (Phi) is 8.43. The van der Waals surface area contributed by atoms with E-state index in [-0.39, 0.29) is 21.6 Å². The Balaban J connectivity index is 1.54. The number of carbonyl (C=O) groups excluding carboxylic acids is 2. The van der Waals surface area contributed by atoms with Gasteiger partial charge in [0.15, 0.2) is 0 Å². The molecule has 36 heavy (non-hydrogen) atoms. The van der Waals surface area contributed by atoms with Crippen LogP contribution in [0.2, 0.25) is 15.1 Å². The van der Waals surface area contributed by atoms with Crippen LogP contribution >= 0.6 is 46.1 Å². The molecule has 2 heterocycles. The molecule has 0 radical (unpaired) electrons. The van der Waals surface area contributed by atoms with Gasteiger partial charge in [-0.05, 0) is 54.6 Å². The van der Waals surface area contributed by atoms with Gasteiger partial charge >= 0.3 is 6.09 Å². The lowest BCUT2D eigenvalue weighted by Gasteiger charge is -2.21. The summed E-state index contributed by atoms with van der Waals surface area (Å²) in [5.41, 5.74) is 1.61. The molecule has 2 aromatic heterocycles. The Morgan fingerprint density at radius 3 is 2.44 bits per heavy atom. The van der Waals surface area contributed by atoms with Crippen molar-refractivity contribution in [1.29, 1.82) is 0 Å². The fraction of sp³-hybridized carbons (Fsp3) is 0.120. The Labute approximate surface area is 226 Å². The number of benzene rings is 2. The zero-order valence-corrected chi connectivity index (χ0v) is 22.0. The van der Waals surface area contributed by atoms with Gasteiger partial charge in [0.25, 0.3) is 5.91 Å². The number of anilines is 2. The van der Waals surface area contributed by atoms with Crippen molar-refractivity contribution in [2.45, 2.75) is 6.42 Å². The predicted octanol–water partition coefficient (Wildman–Crippen LogP) is 7.15. The second-order valence-electron chi connectivity index (χ2n) is 7.57. The van der Waals surface area contributed by atoms with Gasteiger partial charge in [0.2, 0.25) is 11.0 Å². The quantitative estimate of drug-likeness (QED) is 0.239. The zero-order chi connectivity index (χ0) is 25.7. The molecule has 0 aliphatic heterocycles. The highest BCUT2D eigenvalue weighted by Gasteiger charge is 2.26. The SMILES string of the molecule is CN(CCc1ccccn1)C(=O)Oc1csc(N(C(=O)c2ccc(Cl)cc2Cl)c2ccc(Cl)cc2)n1. The maximum Gasteiger partial charge on any atom is 0.416 e. The molecule has 0 N–H and O–H groups in total. The Bertz CT molecular complexity index is 1370. The first kappa shape index (κ1) is 25.9. The summed E-state index contributed by atoms with van der Waals surface area (Å²) in [5.74, 6) is -0.364. The summed E-state index contributed by atoms with van der Waals surface area (Å²) < 4.78 is 5.44. The molecule has 4 aromatic rings. The summed E-state index contributed by atoms with van der Waals surface area (Å²) in [6.45, 7) is 0.414. The highest BCUT2D eigenvalue weighted by Crippen LogP contribution is 2.35. The molecule has 4 rings (SSSR count). The molecule has 0 saturated heterocycles. The molecule has 7 nitrogen and oxygen atoms in total. The Morgan fingerprint density at radius 2 is 1.75 bits per heavy atom. The molecule has 0 aliphatic rings. The number of rotatable bonds is 7. The predicted molar refractivity (Wildman–Crippen MR) is 143 cm³/mol. The normalized spacial score (nSPS) is 10.7. The van der Waals surface area contributed by atoms with Crippen molar-refractivity contribution < 1.29 is 14.3 Å². The lowest BCUT2D eigenvalue weighted by atomic mass is 10.2. The number of amides is 2. The van der Waals surface area contributed by atoms with Gasteiger partial charge in [-0.2, -0.15) is 4.98 Å². The fourth-order valence-electron chi connectivity index (χ4n) is 3.17. The van der Waals surface area contributed by atoms with Gasteiger partial charge < -0.3 is 9.64 Å². The molecule has 0 aliphatic carbocycles. The van der Waals surface area contributed by atoms with Crippen molar-refractivity contribution in [3.63, 3.8) is 0 Å². The van der Waals surface area contributed by atoms with Crippen LogP contribution in [-0.4, -0.2) is 40.5 Å². The minimum absolute atomic E-state index is 0.0682. The van der Waals surface area contributed by atoms with E-state index in [2.05, 4.69) is 9.97 Å². The number of nitrogens with zero attached hydrogens (tertiary/aromatic N) is 4. The molecule has 0 fully saturated rings. The van der Waals surface area contributed by atoms with Crippen LogP contribution < -0.4 is 9.64 Å². The van der Waals surface area contributed by atoms with Gasteiger partial charge in [-0.15, -0.1) is 11.3 Å². The van der Waals surface area contributed by atoms with Gasteiger partial charge in [0.05, 0.1) is 21.7 Å². The first-order valence-electron chi connectivity index (χ1n) is 10.7. The molecular formula is C25H19Cl3N4O3S. The van der Waals surface area contributed by atoms with Gasteiger partial charge in [-0.25, -0.2) is 4.79 Å². The van der Waals surface area contributed by atoms with Crippen molar-refractivity contribution in [3.8, 4) is 5.88 Å². The minimum Gasteiger partial charge on any atom is -0.390 e.